The zero-order valence-corrected chi connectivity index (χ0v) is 9.30. The first-order valence-electron chi connectivity index (χ1n) is 6.21. The Labute approximate surface area is 87.4 Å². The minimum atomic E-state index is 0.551. The molecule has 0 aromatic rings. The van der Waals surface area contributed by atoms with E-state index < -0.39 is 0 Å². The molecule has 0 bridgehead atoms. The monoisotopic (exact) mass is 197 g/mol. The Morgan fingerprint density at radius 1 is 0.857 bits per heavy atom. The molecule has 2 nitrogen and oxygen atoms in total. The topological polar surface area (TPSA) is 21.3 Å². The van der Waals surface area contributed by atoms with Crippen LogP contribution in [-0.2, 0) is 4.74 Å². The van der Waals surface area contributed by atoms with Crippen LogP contribution in [0.5, 0.6) is 0 Å². The number of nitrogens with one attached hydrogen (secondary N) is 1. The molecule has 1 saturated heterocycles. The number of hydrogen-bond donors (Lipinski definition) is 1. The second kappa shape index (κ2) is 5.13. The number of piperidine rings is 1. The second-order valence-electron chi connectivity index (χ2n) is 4.97. The minimum absolute atomic E-state index is 0.551. The zero-order chi connectivity index (χ0) is 9.80. The van der Waals surface area contributed by atoms with Gasteiger partial charge in [-0.3, -0.25) is 0 Å². The Bertz CT molecular complexity index is 158. The summed E-state index contributed by atoms with van der Waals surface area (Å²) >= 11 is 0. The summed E-state index contributed by atoms with van der Waals surface area (Å²) in [5, 5.41) is 3.38. The molecule has 0 unspecified atom stereocenters. The van der Waals surface area contributed by atoms with E-state index in [9.17, 15) is 0 Å². The summed E-state index contributed by atoms with van der Waals surface area (Å²) in [5.41, 5.74) is 0. The molecular weight excluding hydrogens is 174 g/mol. The maximum Gasteiger partial charge on any atom is 0.0603 e. The molecule has 14 heavy (non-hydrogen) atoms. The van der Waals surface area contributed by atoms with Gasteiger partial charge in [0, 0.05) is 0 Å². The lowest BCUT2D eigenvalue weighted by Gasteiger charge is -2.32. The second-order valence-corrected chi connectivity index (χ2v) is 4.97. The largest absolute Gasteiger partial charge is 0.375 e. The van der Waals surface area contributed by atoms with Crippen molar-refractivity contribution in [3.8, 4) is 0 Å². The first-order valence-corrected chi connectivity index (χ1v) is 6.21. The van der Waals surface area contributed by atoms with Crippen molar-refractivity contribution in [1.82, 2.24) is 5.32 Å². The Morgan fingerprint density at radius 2 is 1.43 bits per heavy atom. The Balaban J connectivity index is 1.68. The van der Waals surface area contributed by atoms with E-state index in [1.165, 1.54) is 38.5 Å². The van der Waals surface area contributed by atoms with Gasteiger partial charge in [0.1, 0.15) is 0 Å². The fraction of sp³-hybridized carbons (Fsp3) is 1.00. The van der Waals surface area contributed by atoms with E-state index in [1.807, 2.05) is 0 Å². The van der Waals surface area contributed by atoms with E-state index in [1.54, 1.807) is 0 Å². The summed E-state index contributed by atoms with van der Waals surface area (Å²) in [6.45, 7) is 4.66. The van der Waals surface area contributed by atoms with Crippen molar-refractivity contribution >= 4 is 0 Å². The van der Waals surface area contributed by atoms with Gasteiger partial charge in [-0.1, -0.05) is 6.92 Å². The van der Waals surface area contributed by atoms with Crippen molar-refractivity contribution in [2.45, 2.75) is 57.7 Å². The molecule has 1 aliphatic heterocycles. The Kier molecular flexibility index (Phi) is 3.82. The first-order chi connectivity index (χ1) is 6.84. The van der Waals surface area contributed by atoms with Crippen LogP contribution in [-0.4, -0.2) is 25.3 Å². The maximum absolute atomic E-state index is 6.14. The highest BCUT2D eigenvalue weighted by atomic mass is 16.5. The molecule has 0 aromatic heterocycles. The molecule has 0 spiro atoms. The third kappa shape index (κ3) is 2.96. The first kappa shape index (κ1) is 10.4. The quantitative estimate of drug-likeness (QED) is 0.733. The van der Waals surface area contributed by atoms with Crippen LogP contribution in [0, 0.1) is 5.92 Å². The highest BCUT2D eigenvalue weighted by Gasteiger charge is 2.22. The van der Waals surface area contributed by atoms with Crippen LogP contribution in [0.2, 0.25) is 0 Å². The molecule has 2 rings (SSSR count). The molecule has 2 fully saturated rings. The van der Waals surface area contributed by atoms with Gasteiger partial charge in [0.05, 0.1) is 12.2 Å². The van der Waals surface area contributed by atoms with Crippen LogP contribution in [0.3, 0.4) is 0 Å². The fourth-order valence-electron chi connectivity index (χ4n) is 2.57. The van der Waals surface area contributed by atoms with Crippen LogP contribution < -0.4 is 5.32 Å². The van der Waals surface area contributed by atoms with Crippen LogP contribution >= 0.6 is 0 Å². The summed E-state index contributed by atoms with van der Waals surface area (Å²) in [6, 6.07) is 0. The van der Waals surface area contributed by atoms with Gasteiger partial charge in [-0.15, -0.1) is 0 Å². The predicted octanol–water partition coefficient (Wildman–Crippen LogP) is 2.33. The van der Waals surface area contributed by atoms with Crippen molar-refractivity contribution in [1.29, 1.82) is 0 Å². The molecule has 82 valence electrons. The lowest BCUT2D eigenvalue weighted by Crippen LogP contribution is -2.35. The van der Waals surface area contributed by atoms with E-state index in [0.717, 1.165) is 19.0 Å². The summed E-state index contributed by atoms with van der Waals surface area (Å²) < 4.78 is 6.14. The summed E-state index contributed by atoms with van der Waals surface area (Å²) in [5.74, 6) is 0.933. The Hall–Kier alpha value is -0.0800. The number of ether oxygens (including phenoxy) is 1. The number of rotatable bonds is 2. The normalized spacial score (nSPS) is 35.8. The van der Waals surface area contributed by atoms with E-state index >= 15 is 0 Å². The van der Waals surface area contributed by atoms with Gasteiger partial charge in [0.2, 0.25) is 0 Å². The average Bonchev–Trinajstić information content (AvgIpc) is 2.23. The third-order valence-corrected chi connectivity index (χ3v) is 3.63. The Morgan fingerprint density at radius 3 is 2.07 bits per heavy atom. The maximum atomic E-state index is 6.14. The predicted molar refractivity (Wildman–Crippen MR) is 58.4 cm³/mol. The number of hydrogen-bond acceptors (Lipinski definition) is 2. The molecule has 0 aromatic carbocycles. The molecule has 2 aliphatic rings. The van der Waals surface area contributed by atoms with Crippen molar-refractivity contribution in [3.05, 3.63) is 0 Å². The molecule has 2 heteroatoms. The van der Waals surface area contributed by atoms with Gasteiger partial charge in [0.15, 0.2) is 0 Å². The van der Waals surface area contributed by atoms with Crippen LogP contribution in [0.4, 0.5) is 0 Å². The lowest BCUT2D eigenvalue weighted by molar-refractivity contribution is -0.0470. The van der Waals surface area contributed by atoms with Gasteiger partial charge < -0.3 is 10.1 Å². The van der Waals surface area contributed by atoms with Crippen LogP contribution in [0.25, 0.3) is 0 Å². The molecule has 1 heterocycles. The lowest BCUT2D eigenvalue weighted by atomic mass is 9.89. The van der Waals surface area contributed by atoms with E-state index in [0.29, 0.717) is 12.2 Å². The smallest absolute Gasteiger partial charge is 0.0603 e. The highest BCUT2D eigenvalue weighted by Crippen LogP contribution is 2.27. The van der Waals surface area contributed by atoms with Crippen molar-refractivity contribution in [2.75, 3.05) is 13.1 Å². The molecule has 1 aliphatic carbocycles. The molecule has 0 amide bonds. The van der Waals surface area contributed by atoms with Crippen LogP contribution in [0.1, 0.15) is 45.4 Å². The summed E-state index contributed by atoms with van der Waals surface area (Å²) in [4.78, 5) is 0. The average molecular weight is 197 g/mol. The van der Waals surface area contributed by atoms with Gasteiger partial charge >= 0.3 is 0 Å². The van der Waals surface area contributed by atoms with Gasteiger partial charge in [-0.05, 0) is 57.5 Å². The van der Waals surface area contributed by atoms with Gasteiger partial charge in [0.25, 0.3) is 0 Å². The summed E-state index contributed by atoms with van der Waals surface area (Å²) in [6.07, 6.45) is 8.89. The van der Waals surface area contributed by atoms with Crippen molar-refractivity contribution in [2.24, 2.45) is 5.92 Å². The molecular formula is C12H23NO. The van der Waals surface area contributed by atoms with Gasteiger partial charge in [-0.2, -0.15) is 0 Å². The van der Waals surface area contributed by atoms with E-state index in [2.05, 4.69) is 12.2 Å². The minimum Gasteiger partial charge on any atom is -0.375 e. The van der Waals surface area contributed by atoms with E-state index in [4.69, 9.17) is 4.74 Å². The van der Waals surface area contributed by atoms with E-state index in [-0.39, 0.29) is 0 Å². The standard InChI is InChI=1S/C12H23NO/c1-10-2-4-11(5-3-10)14-12-6-8-13-9-7-12/h10-13H,2-9H2,1H3. The molecule has 1 saturated carbocycles. The van der Waals surface area contributed by atoms with Crippen molar-refractivity contribution < 1.29 is 4.74 Å². The summed E-state index contributed by atoms with van der Waals surface area (Å²) in [7, 11) is 0. The molecule has 0 atom stereocenters. The van der Waals surface area contributed by atoms with Crippen LogP contribution in [0.15, 0.2) is 0 Å². The zero-order valence-electron chi connectivity index (χ0n) is 9.30. The highest BCUT2D eigenvalue weighted by molar-refractivity contribution is 4.74. The SMILES string of the molecule is CC1CCC(OC2CCNCC2)CC1. The van der Waals surface area contributed by atoms with Gasteiger partial charge in [-0.25, -0.2) is 0 Å². The third-order valence-electron chi connectivity index (χ3n) is 3.63. The fourth-order valence-corrected chi connectivity index (χ4v) is 2.57. The van der Waals surface area contributed by atoms with Crippen molar-refractivity contribution in [3.63, 3.8) is 0 Å². The molecule has 0 radical (unpaired) electrons. The molecule has 1 N–H and O–H groups in total.